The Labute approximate surface area is 143 Å². The Bertz CT molecular complexity index is 795. The van der Waals surface area contributed by atoms with Gasteiger partial charge in [0.25, 0.3) is 0 Å². The molecule has 6 heteroatoms. The fourth-order valence-corrected chi connectivity index (χ4v) is 3.85. The van der Waals surface area contributed by atoms with Gasteiger partial charge in [-0.15, -0.1) is 0 Å². The first-order valence-corrected chi connectivity index (χ1v) is 9.77. The predicted molar refractivity (Wildman–Crippen MR) is 96.7 cm³/mol. The zero-order chi connectivity index (χ0) is 17.2. The van der Waals surface area contributed by atoms with E-state index in [9.17, 15) is 13.5 Å². The van der Waals surface area contributed by atoms with Crippen molar-refractivity contribution in [2.24, 2.45) is 0 Å². The highest BCUT2D eigenvalue weighted by Gasteiger charge is 2.20. The number of phenols is 1. The van der Waals surface area contributed by atoms with Gasteiger partial charge in [-0.1, -0.05) is 19.1 Å². The molecule has 128 valence electrons. The molecule has 0 saturated carbocycles. The summed E-state index contributed by atoms with van der Waals surface area (Å²) in [7, 11) is -3.15. The molecule has 1 heterocycles. The maximum Gasteiger partial charge on any atom is 0.178 e. The number of hydrogen-bond acceptors (Lipinski definition) is 5. The second-order valence-electron chi connectivity index (χ2n) is 5.86. The molecule has 1 fully saturated rings. The van der Waals surface area contributed by atoms with E-state index in [1.165, 1.54) is 0 Å². The lowest BCUT2D eigenvalue weighted by Gasteiger charge is -2.37. The first kappa shape index (κ1) is 16.6. The van der Waals surface area contributed by atoms with Crippen molar-refractivity contribution in [2.75, 3.05) is 41.7 Å². The van der Waals surface area contributed by atoms with Crippen molar-refractivity contribution in [2.45, 2.75) is 11.8 Å². The zero-order valence-corrected chi connectivity index (χ0v) is 14.5. The van der Waals surface area contributed by atoms with E-state index >= 15 is 0 Å². The van der Waals surface area contributed by atoms with Gasteiger partial charge < -0.3 is 14.9 Å². The number of hydrogen-bond donors (Lipinski definition) is 1. The molecule has 2 aromatic carbocycles. The van der Waals surface area contributed by atoms with Crippen LogP contribution in [-0.2, 0) is 9.84 Å². The van der Waals surface area contributed by atoms with Crippen LogP contribution in [0.1, 0.15) is 6.92 Å². The highest BCUT2D eigenvalue weighted by molar-refractivity contribution is 7.91. The average molecular weight is 346 g/mol. The molecule has 0 radical (unpaired) electrons. The van der Waals surface area contributed by atoms with Gasteiger partial charge in [-0.05, 0) is 36.4 Å². The lowest BCUT2D eigenvalue weighted by Crippen LogP contribution is -2.46. The van der Waals surface area contributed by atoms with E-state index in [1.807, 2.05) is 30.3 Å². The number of sulfone groups is 1. The molecular formula is C18H22N2O3S. The normalized spacial score (nSPS) is 15.5. The van der Waals surface area contributed by atoms with Crippen LogP contribution in [-0.4, -0.2) is 45.5 Å². The molecule has 0 bridgehead atoms. The molecule has 1 N–H and O–H groups in total. The van der Waals surface area contributed by atoms with E-state index in [0.29, 0.717) is 10.6 Å². The highest BCUT2D eigenvalue weighted by Crippen LogP contribution is 2.28. The lowest BCUT2D eigenvalue weighted by atomic mass is 10.2. The molecule has 0 unspecified atom stereocenters. The van der Waals surface area contributed by atoms with Crippen LogP contribution >= 0.6 is 0 Å². The quantitative estimate of drug-likeness (QED) is 0.922. The third-order valence-electron chi connectivity index (χ3n) is 4.44. The van der Waals surface area contributed by atoms with Crippen molar-refractivity contribution in [3.8, 4) is 5.75 Å². The first-order valence-electron chi connectivity index (χ1n) is 8.12. The Kier molecular flexibility index (Phi) is 4.66. The molecule has 3 rings (SSSR count). The molecule has 2 aromatic rings. The smallest absolute Gasteiger partial charge is 0.178 e. The van der Waals surface area contributed by atoms with E-state index in [4.69, 9.17) is 0 Å². The number of nitrogens with zero attached hydrogens (tertiary/aromatic N) is 2. The largest absolute Gasteiger partial charge is 0.506 e. The fraction of sp³-hybridized carbons (Fsp3) is 0.333. The summed E-state index contributed by atoms with van der Waals surface area (Å²) in [5.74, 6) is 0.422. The van der Waals surface area contributed by atoms with Crippen LogP contribution in [0.2, 0.25) is 0 Å². The molecule has 0 atom stereocenters. The lowest BCUT2D eigenvalue weighted by molar-refractivity contribution is 0.472. The van der Waals surface area contributed by atoms with Crippen LogP contribution in [0, 0.1) is 0 Å². The third-order valence-corrected chi connectivity index (χ3v) is 6.19. The fourth-order valence-electron chi connectivity index (χ4n) is 2.97. The van der Waals surface area contributed by atoms with Crippen LogP contribution < -0.4 is 9.80 Å². The number of rotatable bonds is 4. The molecule has 0 aliphatic carbocycles. The second-order valence-corrected chi connectivity index (χ2v) is 8.14. The summed E-state index contributed by atoms with van der Waals surface area (Å²) in [5.41, 5.74) is 1.89. The summed E-state index contributed by atoms with van der Waals surface area (Å²) < 4.78 is 23.8. The van der Waals surface area contributed by atoms with Crippen molar-refractivity contribution in [3.63, 3.8) is 0 Å². The Morgan fingerprint density at radius 3 is 2.08 bits per heavy atom. The monoisotopic (exact) mass is 346 g/mol. The number of anilines is 2. The summed E-state index contributed by atoms with van der Waals surface area (Å²) >= 11 is 0. The van der Waals surface area contributed by atoms with E-state index < -0.39 is 9.84 Å². The molecule has 0 spiro atoms. The van der Waals surface area contributed by atoms with E-state index in [-0.39, 0.29) is 5.75 Å². The number of para-hydroxylation sites is 2. The molecule has 1 saturated heterocycles. The molecule has 1 aliphatic rings. The van der Waals surface area contributed by atoms with Crippen LogP contribution in [0.3, 0.4) is 0 Å². The molecule has 5 nitrogen and oxygen atoms in total. The topological polar surface area (TPSA) is 60.9 Å². The van der Waals surface area contributed by atoms with Crippen LogP contribution in [0.5, 0.6) is 5.75 Å². The summed E-state index contributed by atoms with van der Waals surface area (Å²) in [6.45, 7) is 4.93. The van der Waals surface area contributed by atoms with E-state index in [0.717, 1.165) is 37.6 Å². The van der Waals surface area contributed by atoms with Crippen molar-refractivity contribution in [3.05, 3.63) is 48.5 Å². The van der Waals surface area contributed by atoms with Crippen molar-refractivity contribution >= 4 is 21.2 Å². The van der Waals surface area contributed by atoms with Gasteiger partial charge in [0.15, 0.2) is 9.84 Å². The predicted octanol–water partition coefficient (Wildman–Crippen LogP) is 2.51. The summed E-state index contributed by atoms with van der Waals surface area (Å²) in [4.78, 5) is 4.78. The highest BCUT2D eigenvalue weighted by atomic mass is 32.2. The van der Waals surface area contributed by atoms with Gasteiger partial charge in [0, 0.05) is 31.9 Å². The summed E-state index contributed by atoms with van der Waals surface area (Å²) in [6.07, 6.45) is 0. The van der Waals surface area contributed by atoms with Gasteiger partial charge >= 0.3 is 0 Å². The number of phenolic OH excluding ortho intramolecular Hbond substituents is 1. The maximum atomic E-state index is 11.9. The van der Waals surface area contributed by atoms with Gasteiger partial charge in [0.1, 0.15) is 5.75 Å². The Morgan fingerprint density at radius 1 is 0.917 bits per heavy atom. The van der Waals surface area contributed by atoms with Crippen molar-refractivity contribution in [1.29, 1.82) is 0 Å². The Morgan fingerprint density at radius 2 is 1.50 bits per heavy atom. The summed E-state index contributed by atoms with van der Waals surface area (Å²) in [6, 6.07) is 14.5. The van der Waals surface area contributed by atoms with E-state index in [1.54, 1.807) is 25.1 Å². The molecule has 0 aromatic heterocycles. The van der Waals surface area contributed by atoms with Gasteiger partial charge in [0.05, 0.1) is 16.3 Å². The van der Waals surface area contributed by atoms with Crippen LogP contribution in [0.15, 0.2) is 53.4 Å². The zero-order valence-electron chi connectivity index (χ0n) is 13.7. The minimum atomic E-state index is -3.15. The van der Waals surface area contributed by atoms with Crippen LogP contribution in [0.4, 0.5) is 11.4 Å². The minimum Gasteiger partial charge on any atom is -0.506 e. The number of aromatic hydroxyl groups is 1. The summed E-state index contributed by atoms with van der Waals surface area (Å²) in [5, 5.41) is 9.96. The second kappa shape index (κ2) is 6.73. The number of piperazine rings is 1. The Balaban J connectivity index is 1.68. The number of benzene rings is 2. The Hall–Kier alpha value is -2.21. The maximum absolute atomic E-state index is 11.9. The average Bonchev–Trinajstić information content (AvgIpc) is 2.62. The first-order chi connectivity index (χ1) is 11.5. The van der Waals surface area contributed by atoms with Gasteiger partial charge in [-0.2, -0.15) is 0 Å². The van der Waals surface area contributed by atoms with Crippen LogP contribution in [0.25, 0.3) is 0 Å². The van der Waals surface area contributed by atoms with Gasteiger partial charge in [-0.3, -0.25) is 0 Å². The molecule has 0 amide bonds. The molecule has 24 heavy (non-hydrogen) atoms. The van der Waals surface area contributed by atoms with Gasteiger partial charge in [0.2, 0.25) is 0 Å². The van der Waals surface area contributed by atoms with E-state index in [2.05, 4.69) is 9.80 Å². The van der Waals surface area contributed by atoms with Gasteiger partial charge in [-0.25, -0.2) is 8.42 Å². The van der Waals surface area contributed by atoms with Crippen molar-refractivity contribution < 1.29 is 13.5 Å². The molecular weight excluding hydrogens is 324 g/mol. The standard InChI is InChI=1S/C18H22N2O3S/c1-2-24(22,23)16-9-7-15(8-10-16)19-11-13-20(14-12-19)17-5-3-4-6-18(17)21/h3-10,21H,2,11-14H2,1H3. The third kappa shape index (κ3) is 3.33. The SMILES string of the molecule is CCS(=O)(=O)c1ccc(N2CCN(c3ccccc3O)CC2)cc1. The van der Waals surface area contributed by atoms with Crippen molar-refractivity contribution in [1.82, 2.24) is 0 Å². The minimum absolute atomic E-state index is 0.117. The molecule has 1 aliphatic heterocycles.